The fraction of sp³-hybridized carbons (Fsp3) is 0.167. The predicted molar refractivity (Wildman–Crippen MR) is 103 cm³/mol. The Balaban J connectivity index is 1.65. The first-order chi connectivity index (χ1) is 14.0. The fourth-order valence-corrected chi connectivity index (χ4v) is 3.04. The first kappa shape index (κ1) is 20.3. The van der Waals surface area contributed by atoms with Gasteiger partial charge in [-0.05, 0) is 52.9 Å². The molecule has 1 aromatic heterocycles. The van der Waals surface area contributed by atoms with Crippen LogP contribution in [0.15, 0.2) is 47.6 Å². The maximum Gasteiger partial charge on any atom is 0.340 e. The lowest BCUT2D eigenvalue weighted by atomic mass is 10.2. The van der Waals surface area contributed by atoms with Crippen LogP contribution in [-0.2, 0) is 9.53 Å². The van der Waals surface area contributed by atoms with Crippen LogP contribution in [0.25, 0.3) is 5.69 Å². The van der Waals surface area contributed by atoms with E-state index >= 15 is 0 Å². The van der Waals surface area contributed by atoms with Gasteiger partial charge in [-0.2, -0.15) is 4.68 Å². The number of benzene rings is 2. The van der Waals surface area contributed by atoms with Gasteiger partial charge in [-0.1, -0.05) is 11.8 Å². The first-order valence-electron chi connectivity index (χ1n) is 8.25. The lowest BCUT2D eigenvalue weighted by Crippen LogP contribution is -2.15. The highest BCUT2D eigenvalue weighted by Crippen LogP contribution is 2.21. The highest BCUT2D eigenvalue weighted by atomic mass is 32.2. The highest BCUT2D eigenvalue weighted by molar-refractivity contribution is 7.99. The largest absolute Gasteiger partial charge is 0.497 e. The fourth-order valence-electron chi connectivity index (χ4n) is 2.35. The number of rotatable bonds is 7. The number of halogens is 1. The van der Waals surface area contributed by atoms with Gasteiger partial charge in [0.15, 0.2) is 0 Å². The summed E-state index contributed by atoms with van der Waals surface area (Å²) in [6.45, 7) is 0. The van der Waals surface area contributed by atoms with E-state index in [-0.39, 0.29) is 22.9 Å². The minimum Gasteiger partial charge on any atom is -0.497 e. The maximum atomic E-state index is 13.7. The van der Waals surface area contributed by atoms with Crippen molar-refractivity contribution in [2.45, 2.75) is 5.16 Å². The number of carbonyl (C=O) groups excluding carboxylic acids is 2. The summed E-state index contributed by atoms with van der Waals surface area (Å²) in [6.07, 6.45) is 0. The van der Waals surface area contributed by atoms with Crippen LogP contribution in [0, 0.1) is 5.82 Å². The number of hydrogen-bond acceptors (Lipinski definition) is 8. The number of nitrogens with one attached hydrogen (secondary N) is 1. The van der Waals surface area contributed by atoms with Crippen LogP contribution in [0.2, 0.25) is 0 Å². The van der Waals surface area contributed by atoms with Crippen molar-refractivity contribution in [3.8, 4) is 11.4 Å². The Bertz CT molecular complexity index is 1030. The smallest absolute Gasteiger partial charge is 0.340 e. The summed E-state index contributed by atoms with van der Waals surface area (Å²) in [5.41, 5.74) is 0.716. The Morgan fingerprint density at radius 2 is 1.93 bits per heavy atom. The van der Waals surface area contributed by atoms with Gasteiger partial charge >= 0.3 is 5.97 Å². The molecule has 0 atom stereocenters. The van der Waals surface area contributed by atoms with Crippen molar-refractivity contribution in [1.82, 2.24) is 20.2 Å². The third-order valence-electron chi connectivity index (χ3n) is 3.75. The molecule has 1 heterocycles. The molecule has 1 N–H and O–H groups in total. The molecule has 0 aliphatic heterocycles. The monoisotopic (exact) mass is 417 g/mol. The number of anilines is 1. The van der Waals surface area contributed by atoms with Gasteiger partial charge in [0.2, 0.25) is 11.1 Å². The molecule has 0 radical (unpaired) electrons. The quantitative estimate of drug-likeness (QED) is 0.461. The number of amides is 1. The van der Waals surface area contributed by atoms with Gasteiger partial charge in [-0.25, -0.2) is 9.18 Å². The van der Waals surface area contributed by atoms with Gasteiger partial charge in [0.05, 0.1) is 31.2 Å². The van der Waals surface area contributed by atoms with Crippen molar-refractivity contribution < 1.29 is 23.5 Å². The van der Waals surface area contributed by atoms with E-state index in [1.807, 2.05) is 0 Å². The second-order valence-electron chi connectivity index (χ2n) is 5.59. The summed E-state index contributed by atoms with van der Waals surface area (Å²) in [6, 6.07) is 10.8. The molecule has 0 unspecified atom stereocenters. The van der Waals surface area contributed by atoms with Crippen molar-refractivity contribution in [2.24, 2.45) is 0 Å². The first-order valence-corrected chi connectivity index (χ1v) is 9.23. The molecule has 3 rings (SSSR count). The van der Waals surface area contributed by atoms with E-state index in [0.717, 1.165) is 24.9 Å². The standard InChI is InChI=1S/C18H16FN5O4S/c1-27-13-6-4-12(5-7-13)24-18(21-22-23-24)29-10-16(25)20-11-3-8-15(19)14(9-11)17(26)28-2/h3-9H,10H2,1-2H3,(H,20,25). The highest BCUT2D eigenvalue weighted by Gasteiger charge is 2.15. The van der Waals surface area contributed by atoms with E-state index in [4.69, 9.17) is 4.74 Å². The Morgan fingerprint density at radius 1 is 1.17 bits per heavy atom. The van der Waals surface area contributed by atoms with Crippen molar-refractivity contribution in [2.75, 3.05) is 25.3 Å². The average molecular weight is 417 g/mol. The third kappa shape index (κ3) is 4.88. The van der Waals surface area contributed by atoms with Gasteiger partial charge < -0.3 is 14.8 Å². The number of carbonyl (C=O) groups is 2. The van der Waals surface area contributed by atoms with Crippen LogP contribution in [0.5, 0.6) is 5.75 Å². The molecule has 1 amide bonds. The zero-order valence-corrected chi connectivity index (χ0v) is 16.3. The van der Waals surface area contributed by atoms with Crippen molar-refractivity contribution in [3.05, 3.63) is 53.8 Å². The molecule has 0 saturated heterocycles. The number of aromatic nitrogens is 4. The second-order valence-corrected chi connectivity index (χ2v) is 6.54. The minimum absolute atomic E-state index is 0.00145. The lowest BCUT2D eigenvalue weighted by Gasteiger charge is -2.08. The normalized spacial score (nSPS) is 10.4. The zero-order chi connectivity index (χ0) is 20.8. The Labute approximate surface area is 169 Å². The number of hydrogen-bond donors (Lipinski definition) is 1. The molecule has 29 heavy (non-hydrogen) atoms. The molecule has 150 valence electrons. The number of thioether (sulfide) groups is 1. The maximum absolute atomic E-state index is 13.7. The van der Waals surface area contributed by atoms with Crippen LogP contribution in [0.4, 0.5) is 10.1 Å². The van der Waals surface area contributed by atoms with Crippen molar-refractivity contribution >= 4 is 29.3 Å². The number of ether oxygens (including phenoxy) is 2. The molecule has 0 spiro atoms. The van der Waals surface area contributed by atoms with E-state index in [2.05, 4.69) is 25.6 Å². The van der Waals surface area contributed by atoms with Gasteiger partial charge in [0.25, 0.3) is 0 Å². The predicted octanol–water partition coefficient (Wildman–Crippen LogP) is 2.33. The number of methoxy groups -OCH3 is 2. The average Bonchev–Trinajstić information content (AvgIpc) is 3.21. The third-order valence-corrected chi connectivity index (χ3v) is 4.66. The van der Waals surface area contributed by atoms with E-state index in [1.54, 1.807) is 31.4 Å². The molecule has 3 aromatic rings. The van der Waals surface area contributed by atoms with Crippen LogP contribution >= 0.6 is 11.8 Å². The molecule has 9 nitrogen and oxygen atoms in total. The van der Waals surface area contributed by atoms with E-state index in [1.165, 1.54) is 16.8 Å². The number of nitrogens with zero attached hydrogens (tertiary/aromatic N) is 4. The Morgan fingerprint density at radius 3 is 2.62 bits per heavy atom. The van der Waals surface area contributed by atoms with E-state index < -0.39 is 11.8 Å². The second kappa shape index (κ2) is 9.15. The Hall–Kier alpha value is -3.47. The topological polar surface area (TPSA) is 108 Å². The summed E-state index contributed by atoms with van der Waals surface area (Å²) in [5, 5.41) is 14.5. The van der Waals surface area contributed by atoms with Crippen LogP contribution in [0.3, 0.4) is 0 Å². The van der Waals surface area contributed by atoms with E-state index in [0.29, 0.717) is 16.6 Å². The summed E-state index contributed by atoms with van der Waals surface area (Å²) in [5.74, 6) is -1.24. The summed E-state index contributed by atoms with van der Waals surface area (Å²) in [4.78, 5) is 23.8. The van der Waals surface area contributed by atoms with Crippen LogP contribution in [-0.4, -0.2) is 52.1 Å². The summed E-state index contributed by atoms with van der Waals surface area (Å²) in [7, 11) is 2.72. The lowest BCUT2D eigenvalue weighted by molar-refractivity contribution is -0.113. The van der Waals surface area contributed by atoms with Crippen LogP contribution in [0.1, 0.15) is 10.4 Å². The number of tetrazole rings is 1. The molecule has 0 fully saturated rings. The van der Waals surface area contributed by atoms with Crippen LogP contribution < -0.4 is 10.1 Å². The van der Waals surface area contributed by atoms with E-state index in [9.17, 15) is 14.0 Å². The Kier molecular flexibility index (Phi) is 6.39. The number of esters is 1. The van der Waals surface area contributed by atoms with Crippen molar-refractivity contribution in [3.63, 3.8) is 0 Å². The minimum atomic E-state index is -0.827. The molecule has 0 bridgehead atoms. The zero-order valence-electron chi connectivity index (χ0n) is 15.5. The molecule has 0 aliphatic carbocycles. The van der Waals surface area contributed by atoms with Crippen molar-refractivity contribution in [1.29, 1.82) is 0 Å². The molecular formula is C18H16FN5O4S. The van der Waals surface area contributed by atoms with Gasteiger partial charge in [-0.3, -0.25) is 4.79 Å². The molecular weight excluding hydrogens is 401 g/mol. The van der Waals surface area contributed by atoms with Gasteiger partial charge in [0, 0.05) is 5.69 Å². The molecule has 11 heteroatoms. The summed E-state index contributed by atoms with van der Waals surface area (Å²) >= 11 is 1.12. The molecule has 0 saturated carbocycles. The summed E-state index contributed by atoms with van der Waals surface area (Å²) < 4.78 is 24.8. The SMILES string of the molecule is COC(=O)c1cc(NC(=O)CSc2nnnn2-c2ccc(OC)cc2)ccc1F. The van der Waals surface area contributed by atoms with Gasteiger partial charge in [0.1, 0.15) is 11.6 Å². The molecule has 2 aromatic carbocycles. The van der Waals surface area contributed by atoms with Gasteiger partial charge in [-0.15, -0.1) is 5.10 Å². The molecule has 0 aliphatic rings.